The molecule has 0 saturated carbocycles. The lowest BCUT2D eigenvalue weighted by molar-refractivity contribution is -0.139. The molecule has 168 valence electrons. The van der Waals surface area contributed by atoms with Crippen molar-refractivity contribution in [3.05, 3.63) is 89.1 Å². The Morgan fingerprint density at radius 1 is 0.969 bits per heavy atom. The lowest BCUT2D eigenvalue weighted by Gasteiger charge is -2.16. The predicted octanol–water partition coefficient (Wildman–Crippen LogP) is 3.06. The molecule has 0 radical (unpaired) electrons. The molecule has 3 rings (SSSR count). The molecule has 0 aliphatic carbocycles. The van der Waals surface area contributed by atoms with Crippen molar-refractivity contribution < 1.29 is 26.8 Å². The summed E-state index contributed by atoms with van der Waals surface area (Å²) in [5.74, 6) is -2.13. The standard InChI is InChI=1S/C22H20ClFN2O5S/c23-16-5-9-18(10-6-16)32(29,30)20(19-2-1-13-31-19)14-26-22(28)21(27)25-12-11-15-3-7-17(24)8-4-15/h1-10,13,20H,11-12,14H2,(H,25,27)(H,26,28). The highest BCUT2D eigenvalue weighted by atomic mass is 35.5. The van der Waals surface area contributed by atoms with E-state index in [1.54, 1.807) is 12.1 Å². The van der Waals surface area contributed by atoms with Gasteiger partial charge in [-0.15, -0.1) is 0 Å². The summed E-state index contributed by atoms with van der Waals surface area (Å²) < 4.78 is 44.4. The Kier molecular flexibility index (Phi) is 7.66. The molecule has 0 bridgehead atoms. The summed E-state index contributed by atoms with van der Waals surface area (Å²) in [4.78, 5) is 24.3. The molecule has 1 aromatic heterocycles. The Balaban J connectivity index is 1.61. The number of rotatable bonds is 8. The predicted molar refractivity (Wildman–Crippen MR) is 116 cm³/mol. The van der Waals surface area contributed by atoms with Gasteiger partial charge in [-0.2, -0.15) is 0 Å². The van der Waals surface area contributed by atoms with Crippen LogP contribution in [0, 0.1) is 5.82 Å². The summed E-state index contributed by atoms with van der Waals surface area (Å²) in [6, 6.07) is 14.4. The number of hydrogen-bond donors (Lipinski definition) is 2. The van der Waals surface area contributed by atoms with Gasteiger partial charge in [-0.05, 0) is 60.5 Å². The lowest BCUT2D eigenvalue weighted by atomic mass is 10.1. The molecule has 0 saturated heterocycles. The van der Waals surface area contributed by atoms with Gasteiger partial charge in [0.25, 0.3) is 0 Å². The number of carbonyl (C=O) groups is 2. The van der Waals surface area contributed by atoms with Crippen LogP contribution >= 0.6 is 11.6 Å². The minimum absolute atomic E-state index is 0.00120. The quantitative estimate of drug-likeness (QED) is 0.484. The summed E-state index contributed by atoms with van der Waals surface area (Å²) >= 11 is 5.83. The van der Waals surface area contributed by atoms with Crippen molar-refractivity contribution in [2.75, 3.05) is 13.1 Å². The highest BCUT2D eigenvalue weighted by Crippen LogP contribution is 2.29. The van der Waals surface area contributed by atoms with Crippen LogP contribution in [-0.2, 0) is 25.8 Å². The van der Waals surface area contributed by atoms with Gasteiger partial charge in [0.2, 0.25) is 0 Å². The molecule has 1 heterocycles. The maximum atomic E-state index is 13.1. The van der Waals surface area contributed by atoms with Crippen LogP contribution in [-0.4, -0.2) is 33.3 Å². The number of benzene rings is 2. The van der Waals surface area contributed by atoms with Crippen molar-refractivity contribution in [1.82, 2.24) is 10.6 Å². The van der Waals surface area contributed by atoms with Gasteiger partial charge >= 0.3 is 11.8 Å². The molecule has 10 heteroatoms. The Labute approximate surface area is 189 Å². The molecule has 0 aliphatic rings. The molecule has 2 aromatic carbocycles. The zero-order chi connectivity index (χ0) is 23.1. The second-order valence-electron chi connectivity index (χ2n) is 6.85. The maximum Gasteiger partial charge on any atom is 0.309 e. The molecule has 3 aromatic rings. The Hall–Kier alpha value is -3.17. The first-order valence-electron chi connectivity index (χ1n) is 9.60. The van der Waals surface area contributed by atoms with Crippen molar-refractivity contribution >= 4 is 33.3 Å². The van der Waals surface area contributed by atoms with Crippen molar-refractivity contribution in [3.63, 3.8) is 0 Å². The fraction of sp³-hybridized carbons (Fsp3) is 0.182. The number of nitrogens with one attached hydrogen (secondary N) is 2. The number of furan rings is 1. The van der Waals surface area contributed by atoms with E-state index in [1.165, 1.54) is 54.8 Å². The minimum atomic E-state index is -3.95. The molecular weight excluding hydrogens is 459 g/mol. The third kappa shape index (κ3) is 5.95. The number of halogens is 2. The first-order valence-corrected chi connectivity index (χ1v) is 11.5. The van der Waals surface area contributed by atoms with Gasteiger partial charge in [-0.25, -0.2) is 12.8 Å². The van der Waals surface area contributed by atoms with Crippen molar-refractivity contribution in [1.29, 1.82) is 0 Å². The maximum absolute atomic E-state index is 13.1. The summed E-state index contributed by atoms with van der Waals surface area (Å²) in [5.41, 5.74) is 0.791. The van der Waals surface area contributed by atoms with Crippen LogP contribution in [0.3, 0.4) is 0 Å². The van der Waals surface area contributed by atoms with Crippen LogP contribution in [0.5, 0.6) is 0 Å². The molecule has 0 spiro atoms. The average Bonchev–Trinajstić information content (AvgIpc) is 3.29. The monoisotopic (exact) mass is 478 g/mol. The highest BCUT2D eigenvalue weighted by Gasteiger charge is 2.32. The fourth-order valence-corrected chi connectivity index (χ4v) is 4.66. The largest absolute Gasteiger partial charge is 0.468 e. The Morgan fingerprint density at radius 2 is 1.62 bits per heavy atom. The van der Waals surface area contributed by atoms with E-state index in [9.17, 15) is 22.4 Å². The third-order valence-electron chi connectivity index (χ3n) is 4.64. The third-order valence-corrected chi connectivity index (χ3v) is 6.97. The van der Waals surface area contributed by atoms with Gasteiger partial charge in [0.1, 0.15) is 16.8 Å². The average molecular weight is 479 g/mol. The topological polar surface area (TPSA) is 105 Å². The number of hydrogen-bond acceptors (Lipinski definition) is 5. The summed E-state index contributed by atoms with van der Waals surface area (Å²) in [7, 11) is -3.95. The normalized spacial score (nSPS) is 12.2. The van der Waals surface area contributed by atoms with Gasteiger partial charge in [0.05, 0.1) is 11.2 Å². The van der Waals surface area contributed by atoms with Gasteiger partial charge in [0, 0.05) is 18.1 Å². The van der Waals surface area contributed by atoms with Crippen LogP contribution in [0.1, 0.15) is 16.6 Å². The second kappa shape index (κ2) is 10.4. The van der Waals surface area contributed by atoms with Crippen molar-refractivity contribution in [3.8, 4) is 0 Å². The van der Waals surface area contributed by atoms with E-state index in [4.69, 9.17) is 16.0 Å². The van der Waals surface area contributed by atoms with Gasteiger partial charge in [-0.1, -0.05) is 23.7 Å². The molecule has 1 unspecified atom stereocenters. The molecule has 2 N–H and O–H groups in total. The van der Waals surface area contributed by atoms with Gasteiger partial charge in [0.15, 0.2) is 9.84 Å². The van der Waals surface area contributed by atoms with Gasteiger partial charge in [-0.3, -0.25) is 9.59 Å². The number of carbonyl (C=O) groups excluding carboxylic acids is 2. The smallest absolute Gasteiger partial charge is 0.309 e. The molecule has 0 aliphatic heterocycles. The number of sulfone groups is 1. The van der Waals surface area contributed by atoms with Crippen molar-refractivity contribution in [2.45, 2.75) is 16.6 Å². The van der Waals surface area contributed by atoms with Crippen LogP contribution in [0.15, 0.2) is 76.2 Å². The van der Waals surface area contributed by atoms with E-state index < -0.39 is 26.9 Å². The Morgan fingerprint density at radius 3 is 2.25 bits per heavy atom. The SMILES string of the molecule is O=C(NCCc1ccc(F)cc1)C(=O)NCC(c1ccco1)S(=O)(=O)c1ccc(Cl)cc1. The molecule has 2 amide bonds. The van der Waals surface area contributed by atoms with E-state index in [0.717, 1.165) is 5.56 Å². The second-order valence-corrected chi connectivity index (χ2v) is 9.41. The Bertz CT molecular complexity index is 1160. The summed E-state index contributed by atoms with van der Waals surface area (Å²) in [5, 5.41) is 3.93. The lowest BCUT2D eigenvalue weighted by Crippen LogP contribution is -2.42. The number of amides is 2. The summed E-state index contributed by atoms with van der Waals surface area (Å²) in [6.45, 7) is -0.217. The highest BCUT2D eigenvalue weighted by molar-refractivity contribution is 7.91. The van der Waals surface area contributed by atoms with Crippen LogP contribution in [0.25, 0.3) is 0 Å². The van der Waals surface area contributed by atoms with E-state index in [1.807, 2.05) is 0 Å². The molecule has 7 nitrogen and oxygen atoms in total. The molecule has 1 atom stereocenters. The van der Waals surface area contributed by atoms with Crippen LogP contribution in [0.2, 0.25) is 5.02 Å². The minimum Gasteiger partial charge on any atom is -0.468 e. The summed E-state index contributed by atoms with van der Waals surface area (Å²) in [6.07, 6.45) is 1.73. The first kappa shape index (κ1) is 23.5. The molecular formula is C22H20ClFN2O5S. The fourth-order valence-electron chi connectivity index (χ4n) is 2.94. The van der Waals surface area contributed by atoms with E-state index in [-0.39, 0.29) is 29.6 Å². The molecule has 32 heavy (non-hydrogen) atoms. The van der Waals surface area contributed by atoms with Crippen molar-refractivity contribution in [2.24, 2.45) is 0 Å². The van der Waals surface area contributed by atoms with Crippen LogP contribution in [0.4, 0.5) is 4.39 Å². The van der Waals surface area contributed by atoms with E-state index in [0.29, 0.717) is 11.4 Å². The van der Waals surface area contributed by atoms with E-state index in [2.05, 4.69) is 10.6 Å². The molecule has 0 fully saturated rings. The van der Waals surface area contributed by atoms with E-state index >= 15 is 0 Å². The first-order chi connectivity index (χ1) is 15.3. The van der Waals surface area contributed by atoms with Gasteiger partial charge < -0.3 is 15.1 Å². The zero-order valence-electron chi connectivity index (χ0n) is 16.8. The zero-order valence-corrected chi connectivity index (χ0v) is 18.3. The van der Waals surface area contributed by atoms with Crippen LogP contribution < -0.4 is 10.6 Å².